The van der Waals surface area contributed by atoms with E-state index in [0.29, 0.717) is 12.4 Å². The highest BCUT2D eigenvalue weighted by molar-refractivity contribution is 8.01. The van der Waals surface area contributed by atoms with Crippen molar-refractivity contribution in [1.29, 1.82) is 0 Å². The molecule has 0 radical (unpaired) electrons. The second-order valence-electron chi connectivity index (χ2n) is 8.45. The Morgan fingerprint density at radius 1 is 1.21 bits per heavy atom. The number of aromatic nitrogens is 1. The molecule has 2 heterocycles. The highest BCUT2D eigenvalue weighted by Crippen LogP contribution is 2.30. The van der Waals surface area contributed by atoms with E-state index in [9.17, 15) is 10.2 Å². The van der Waals surface area contributed by atoms with Crippen LogP contribution in [-0.4, -0.2) is 83.7 Å². The van der Waals surface area contributed by atoms with E-state index in [0.717, 1.165) is 33.8 Å². The molecule has 1 saturated heterocycles. The minimum atomic E-state index is -1.20. The van der Waals surface area contributed by atoms with Gasteiger partial charge in [0.2, 0.25) is 0 Å². The van der Waals surface area contributed by atoms with Crippen LogP contribution >= 0.6 is 23.1 Å². The van der Waals surface area contributed by atoms with Crippen molar-refractivity contribution in [2.24, 2.45) is 0 Å². The fraction of sp³-hybridized carbons (Fsp3) is 0.696. The highest BCUT2D eigenvalue weighted by atomic mass is 32.2. The van der Waals surface area contributed by atoms with Crippen molar-refractivity contribution in [2.75, 3.05) is 19.0 Å². The summed E-state index contributed by atoms with van der Waals surface area (Å²) < 4.78 is 24.9. The Labute approximate surface area is 210 Å². The van der Waals surface area contributed by atoms with Gasteiger partial charge in [0.05, 0.1) is 29.5 Å². The van der Waals surface area contributed by atoms with Crippen LogP contribution in [0.25, 0.3) is 10.2 Å². The normalized spacial score (nSPS) is 24.5. The first-order valence-electron chi connectivity index (χ1n) is 12.0. The maximum Gasteiger partial charge on any atom is 0.435 e. The van der Waals surface area contributed by atoms with E-state index in [4.69, 9.17) is 23.9 Å². The summed E-state index contributed by atoms with van der Waals surface area (Å²) in [6, 6.07) is 7.99. The number of hydrogen-bond donors (Lipinski definition) is 3. The molecule has 1 aliphatic rings. The molecule has 0 aliphatic carbocycles. The molecule has 190 valence electrons. The zero-order valence-corrected chi connectivity index (χ0v) is 21.5. The van der Waals surface area contributed by atoms with E-state index < -0.39 is 38.4 Å². The van der Waals surface area contributed by atoms with Crippen molar-refractivity contribution < 1.29 is 34.1 Å². The number of benzene rings is 1. The zero-order valence-electron chi connectivity index (χ0n) is 19.9. The molecule has 3 N–H and O–H groups in total. The van der Waals surface area contributed by atoms with Crippen molar-refractivity contribution in [1.82, 2.24) is 4.98 Å². The molecule has 2 aromatic rings. The number of rotatable bonds is 16. The van der Waals surface area contributed by atoms with E-state index in [1.165, 1.54) is 12.8 Å². The van der Waals surface area contributed by atoms with Gasteiger partial charge in [-0.2, -0.15) is 0 Å². The van der Waals surface area contributed by atoms with E-state index >= 15 is 0 Å². The largest absolute Gasteiger partial charge is 0.435 e. The third-order valence-electron chi connectivity index (χ3n) is 5.73. The average Bonchev–Trinajstić information content (AvgIpc) is 3.38. The van der Waals surface area contributed by atoms with Crippen LogP contribution in [0.5, 0.6) is 0 Å². The molecule has 1 aromatic carbocycles. The Morgan fingerprint density at radius 3 is 2.79 bits per heavy atom. The molecule has 11 heteroatoms. The quantitative estimate of drug-likeness (QED) is 0.177. The lowest BCUT2D eigenvalue weighted by Crippen LogP contribution is -2.44. The van der Waals surface area contributed by atoms with Crippen LogP contribution in [0.2, 0.25) is 0 Å². The lowest BCUT2D eigenvalue weighted by molar-refractivity contribution is -0.189. The van der Waals surface area contributed by atoms with Gasteiger partial charge in [0, 0.05) is 5.75 Å². The van der Waals surface area contributed by atoms with Gasteiger partial charge >= 0.3 is 7.69 Å². The number of para-hydroxylation sites is 1. The molecule has 0 saturated carbocycles. The van der Waals surface area contributed by atoms with E-state index in [1.54, 1.807) is 23.1 Å². The van der Waals surface area contributed by atoms with Gasteiger partial charge in [0.25, 0.3) is 0 Å². The molecule has 1 aliphatic heterocycles. The first-order valence-corrected chi connectivity index (χ1v) is 13.8. The summed E-state index contributed by atoms with van der Waals surface area (Å²) in [6.45, 7) is 4.52. The number of nitrogens with zero attached hydrogens (tertiary/aromatic N) is 1. The standard InChI is InChI=1S/C23H36BNO7S2/c1-3-4-5-6-9-15(2)31-17(14-30-24-28)21-19(26)20(27)22(32-21)29-12-13-33-23-25-16-10-7-8-11-18(16)34-23/h7-8,10-11,15,17,19-22,24,26-28H,3-6,9,12-14H2,1-2H3/t15?,17-,19+,20+,21+,22-/m0/s1. The molecule has 0 amide bonds. The average molecular weight is 513 g/mol. The Kier molecular flexibility index (Phi) is 12.0. The van der Waals surface area contributed by atoms with Crippen molar-refractivity contribution in [3.05, 3.63) is 24.3 Å². The first kappa shape index (κ1) is 27.8. The van der Waals surface area contributed by atoms with Gasteiger partial charge in [0.15, 0.2) is 10.6 Å². The first-order chi connectivity index (χ1) is 16.5. The summed E-state index contributed by atoms with van der Waals surface area (Å²) in [5.41, 5.74) is 0.979. The Bertz CT molecular complexity index is 812. The molecule has 1 unspecified atom stereocenters. The van der Waals surface area contributed by atoms with Crippen LogP contribution in [0.15, 0.2) is 28.6 Å². The Balaban J connectivity index is 1.47. The number of unbranched alkanes of at least 4 members (excludes halogenated alkanes) is 3. The molecule has 6 atom stereocenters. The third-order valence-corrected chi connectivity index (χ3v) is 7.88. The third kappa shape index (κ3) is 8.14. The smallest absolute Gasteiger partial charge is 0.430 e. The molecular weight excluding hydrogens is 477 g/mol. The second-order valence-corrected chi connectivity index (χ2v) is 10.8. The summed E-state index contributed by atoms with van der Waals surface area (Å²) in [5, 5.41) is 30.2. The lowest BCUT2D eigenvalue weighted by atomic mass is 10.1. The molecule has 8 nitrogen and oxygen atoms in total. The van der Waals surface area contributed by atoms with E-state index in [1.807, 2.05) is 31.2 Å². The number of ether oxygens (including phenoxy) is 3. The highest BCUT2D eigenvalue weighted by Gasteiger charge is 2.47. The van der Waals surface area contributed by atoms with Crippen LogP contribution in [0, 0.1) is 0 Å². The lowest BCUT2D eigenvalue weighted by Gasteiger charge is -2.28. The second kappa shape index (κ2) is 14.7. The van der Waals surface area contributed by atoms with Crippen molar-refractivity contribution in [2.45, 2.75) is 87.1 Å². The number of aliphatic hydroxyl groups excluding tert-OH is 2. The topological polar surface area (TPSA) is 111 Å². The molecule has 0 spiro atoms. The minimum Gasteiger partial charge on any atom is -0.430 e. The van der Waals surface area contributed by atoms with Crippen LogP contribution in [0.4, 0.5) is 0 Å². The fourth-order valence-electron chi connectivity index (χ4n) is 3.93. The maximum absolute atomic E-state index is 10.6. The van der Waals surface area contributed by atoms with E-state index in [-0.39, 0.29) is 12.7 Å². The van der Waals surface area contributed by atoms with Gasteiger partial charge in [-0.1, -0.05) is 56.5 Å². The van der Waals surface area contributed by atoms with Gasteiger partial charge < -0.3 is 34.1 Å². The zero-order chi connectivity index (χ0) is 24.3. The number of thioether (sulfide) groups is 1. The number of fused-ring (bicyclic) bond motifs is 1. The SMILES string of the molecule is CCCCCCC(C)O[C@@H](COBO)[C@H]1O[C@H](OCCSc2nc3ccccc3s2)[C@H](O)[C@H]1O. The van der Waals surface area contributed by atoms with Crippen molar-refractivity contribution >= 4 is 41.0 Å². The Morgan fingerprint density at radius 2 is 2.03 bits per heavy atom. The summed E-state index contributed by atoms with van der Waals surface area (Å²) in [6.07, 6.45) is 0.581. The summed E-state index contributed by atoms with van der Waals surface area (Å²) >= 11 is 3.21. The van der Waals surface area contributed by atoms with Crippen LogP contribution in [-0.2, 0) is 18.9 Å². The van der Waals surface area contributed by atoms with Crippen molar-refractivity contribution in [3.63, 3.8) is 0 Å². The van der Waals surface area contributed by atoms with Crippen molar-refractivity contribution in [3.8, 4) is 0 Å². The van der Waals surface area contributed by atoms with Crippen LogP contribution < -0.4 is 0 Å². The van der Waals surface area contributed by atoms with Gasteiger partial charge in [-0.3, -0.25) is 0 Å². The van der Waals surface area contributed by atoms with Crippen LogP contribution in [0.3, 0.4) is 0 Å². The monoisotopic (exact) mass is 513 g/mol. The number of thiazole rings is 1. The molecule has 1 fully saturated rings. The molecular formula is C23H36BNO7S2. The van der Waals surface area contributed by atoms with E-state index in [2.05, 4.69) is 11.9 Å². The predicted octanol–water partition coefficient (Wildman–Crippen LogP) is 2.87. The van der Waals surface area contributed by atoms with Gasteiger partial charge in [-0.05, 0) is 25.5 Å². The maximum atomic E-state index is 10.6. The summed E-state index contributed by atoms with van der Waals surface area (Å²) in [7, 11) is -0.459. The summed E-state index contributed by atoms with van der Waals surface area (Å²) in [4.78, 5) is 4.59. The predicted molar refractivity (Wildman–Crippen MR) is 135 cm³/mol. The fourth-order valence-corrected chi connectivity index (χ4v) is 5.90. The molecule has 3 rings (SSSR count). The molecule has 34 heavy (non-hydrogen) atoms. The summed E-state index contributed by atoms with van der Waals surface area (Å²) in [5.74, 6) is 0.634. The molecule has 1 aromatic heterocycles. The van der Waals surface area contributed by atoms with Gasteiger partial charge in [-0.25, -0.2) is 4.98 Å². The molecule has 0 bridgehead atoms. The minimum absolute atomic E-state index is 0.0461. The van der Waals surface area contributed by atoms with Crippen LogP contribution in [0.1, 0.15) is 46.0 Å². The van der Waals surface area contributed by atoms with Gasteiger partial charge in [0.1, 0.15) is 24.4 Å². The number of hydrogen-bond acceptors (Lipinski definition) is 10. The van der Waals surface area contributed by atoms with Gasteiger partial charge in [-0.15, -0.1) is 11.3 Å². The Hall–Kier alpha value is -0.755. The number of aliphatic hydroxyl groups is 2.